The maximum Gasteiger partial charge on any atom is 0.118 e. The first-order valence-electron chi connectivity index (χ1n) is 9.73. The molecule has 0 aromatic heterocycles. The van der Waals surface area contributed by atoms with Gasteiger partial charge >= 0.3 is 0 Å². The molecule has 1 N–H and O–H groups in total. The van der Waals surface area contributed by atoms with Gasteiger partial charge in [0.1, 0.15) is 5.75 Å². The molecule has 0 radical (unpaired) electrons. The van der Waals surface area contributed by atoms with Crippen LogP contribution in [0.3, 0.4) is 0 Å². The van der Waals surface area contributed by atoms with Crippen LogP contribution in [0, 0.1) is 0 Å². The number of nitrogens with zero attached hydrogens (tertiary/aromatic N) is 2. The summed E-state index contributed by atoms with van der Waals surface area (Å²) in [5, 5.41) is 11.8. The summed E-state index contributed by atoms with van der Waals surface area (Å²) in [6, 6.07) is 13.7. The van der Waals surface area contributed by atoms with Crippen molar-refractivity contribution in [2.24, 2.45) is 0 Å². The van der Waals surface area contributed by atoms with E-state index < -0.39 is 0 Å². The molecule has 3 rings (SSSR count). The number of β-amino-alcohol motifs (C(OH)–C–C–N with tert-alkyl or cyclic N) is 1. The summed E-state index contributed by atoms with van der Waals surface area (Å²) in [6.07, 6.45) is 1.34. The first-order chi connectivity index (χ1) is 13.5. The summed E-state index contributed by atoms with van der Waals surface area (Å²) in [4.78, 5) is 4.74. The molecular weight excluding hydrogens is 395 g/mol. The Balaban J connectivity index is 1.38. The number of rotatable bonds is 8. The van der Waals surface area contributed by atoms with E-state index in [-0.39, 0.29) is 6.10 Å². The zero-order valence-electron chi connectivity index (χ0n) is 16.3. The fourth-order valence-corrected chi connectivity index (χ4v) is 4.00. The van der Waals surface area contributed by atoms with Crippen molar-refractivity contribution >= 4 is 23.2 Å². The summed E-state index contributed by atoms with van der Waals surface area (Å²) < 4.78 is 5.18. The highest BCUT2D eigenvalue weighted by Crippen LogP contribution is 2.23. The average Bonchev–Trinajstić information content (AvgIpc) is 2.70. The molecule has 1 atom stereocenters. The third kappa shape index (κ3) is 6.36. The summed E-state index contributed by atoms with van der Waals surface area (Å²) in [6.45, 7) is 5.44. The molecule has 1 aliphatic heterocycles. The molecule has 0 bridgehead atoms. The monoisotopic (exact) mass is 422 g/mol. The molecule has 1 aliphatic rings. The van der Waals surface area contributed by atoms with Gasteiger partial charge in [-0.25, -0.2) is 0 Å². The lowest BCUT2D eigenvalue weighted by Crippen LogP contribution is -2.48. The van der Waals surface area contributed by atoms with Gasteiger partial charge in [-0.05, 0) is 48.2 Å². The van der Waals surface area contributed by atoms with E-state index in [0.29, 0.717) is 5.02 Å². The van der Waals surface area contributed by atoms with E-state index in [0.717, 1.165) is 68.4 Å². The van der Waals surface area contributed by atoms with Gasteiger partial charge in [-0.1, -0.05) is 41.4 Å². The lowest BCUT2D eigenvalue weighted by atomic mass is 10.1. The molecule has 0 spiro atoms. The van der Waals surface area contributed by atoms with Gasteiger partial charge in [0.15, 0.2) is 0 Å². The van der Waals surface area contributed by atoms with Gasteiger partial charge in [0.2, 0.25) is 0 Å². The van der Waals surface area contributed by atoms with Crippen LogP contribution in [0.15, 0.2) is 42.5 Å². The van der Waals surface area contributed by atoms with Gasteiger partial charge in [0.05, 0.1) is 13.2 Å². The molecule has 0 saturated carbocycles. The highest BCUT2D eigenvalue weighted by atomic mass is 35.5. The van der Waals surface area contributed by atoms with Crippen LogP contribution in [0.25, 0.3) is 0 Å². The van der Waals surface area contributed by atoms with E-state index in [9.17, 15) is 5.11 Å². The molecule has 1 fully saturated rings. The van der Waals surface area contributed by atoms with Crippen molar-refractivity contribution in [1.82, 2.24) is 9.80 Å². The number of benzene rings is 2. The Bertz CT molecular complexity index is 747. The van der Waals surface area contributed by atoms with E-state index in [1.54, 1.807) is 13.2 Å². The van der Waals surface area contributed by atoms with Crippen LogP contribution in [-0.2, 0) is 13.0 Å². The highest BCUT2D eigenvalue weighted by Gasteiger charge is 2.20. The van der Waals surface area contributed by atoms with Crippen LogP contribution in [0.1, 0.15) is 17.5 Å². The van der Waals surface area contributed by atoms with Crippen molar-refractivity contribution < 1.29 is 9.84 Å². The van der Waals surface area contributed by atoms with Crippen molar-refractivity contribution in [3.8, 4) is 5.75 Å². The molecule has 2 aromatic rings. The number of aliphatic hydroxyl groups excluding tert-OH is 1. The number of aryl methyl sites for hydroxylation is 1. The van der Waals surface area contributed by atoms with Crippen LogP contribution >= 0.6 is 23.2 Å². The third-order valence-corrected chi connectivity index (χ3v) is 5.86. The Hall–Kier alpha value is -1.30. The van der Waals surface area contributed by atoms with Gasteiger partial charge in [-0.2, -0.15) is 0 Å². The van der Waals surface area contributed by atoms with E-state index in [4.69, 9.17) is 27.9 Å². The van der Waals surface area contributed by atoms with Gasteiger partial charge < -0.3 is 9.84 Å². The van der Waals surface area contributed by atoms with Crippen LogP contribution in [0.5, 0.6) is 5.75 Å². The van der Waals surface area contributed by atoms with Gasteiger partial charge in [0.25, 0.3) is 0 Å². The first-order valence-corrected chi connectivity index (χ1v) is 10.5. The summed E-state index contributed by atoms with van der Waals surface area (Å²) in [5.41, 5.74) is 2.34. The van der Waals surface area contributed by atoms with Crippen molar-refractivity contribution in [2.75, 3.05) is 39.8 Å². The Morgan fingerprint density at radius 3 is 2.32 bits per heavy atom. The molecule has 0 amide bonds. The smallest absolute Gasteiger partial charge is 0.118 e. The fraction of sp³-hybridized carbons (Fsp3) is 0.455. The predicted molar refractivity (Wildman–Crippen MR) is 116 cm³/mol. The van der Waals surface area contributed by atoms with Crippen LogP contribution in [0.4, 0.5) is 0 Å². The molecular formula is C22H28Cl2N2O2. The molecule has 0 aliphatic carbocycles. The highest BCUT2D eigenvalue weighted by molar-refractivity contribution is 6.35. The minimum Gasteiger partial charge on any atom is -0.497 e. The normalized spacial score (nSPS) is 16.9. The topological polar surface area (TPSA) is 35.9 Å². The number of methoxy groups -OCH3 is 1. The molecule has 1 unspecified atom stereocenters. The standard InChI is InChI=1S/C22H28Cl2N2O2/c1-28-21-8-3-17(4-9-21)2-7-20(27)16-26-12-10-25(11-13-26)15-18-5-6-19(23)14-22(18)24/h3-6,8-9,14,20,27H,2,7,10-13,15-16H2,1H3. The van der Waals surface area contributed by atoms with Crippen LogP contribution in [-0.4, -0.2) is 60.8 Å². The van der Waals surface area contributed by atoms with Crippen LogP contribution < -0.4 is 4.74 Å². The van der Waals surface area contributed by atoms with Crippen molar-refractivity contribution in [3.05, 3.63) is 63.6 Å². The molecule has 152 valence electrons. The SMILES string of the molecule is COc1ccc(CCC(O)CN2CCN(Cc3ccc(Cl)cc3Cl)CC2)cc1. The van der Waals surface area contributed by atoms with Gasteiger partial charge in [-0.15, -0.1) is 0 Å². The number of aliphatic hydroxyl groups is 1. The summed E-state index contributed by atoms with van der Waals surface area (Å²) in [7, 11) is 1.67. The number of halogens is 2. The second-order valence-electron chi connectivity index (χ2n) is 7.35. The second-order valence-corrected chi connectivity index (χ2v) is 8.20. The summed E-state index contributed by atoms with van der Waals surface area (Å²) >= 11 is 12.3. The Morgan fingerprint density at radius 2 is 1.68 bits per heavy atom. The largest absolute Gasteiger partial charge is 0.497 e. The zero-order chi connectivity index (χ0) is 19.9. The molecule has 4 nitrogen and oxygen atoms in total. The maximum absolute atomic E-state index is 10.4. The minimum absolute atomic E-state index is 0.306. The molecule has 1 heterocycles. The lowest BCUT2D eigenvalue weighted by Gasteiger charge is -2.35. The van der Waals surface area contributed by atoms with Crippen molar-refractivity contribution in [1.29, 1.82) is 0 Å². The van der Waals surface area contributed by atoms with E-state index >= 15 is 0 Å². The van der Waals surface area contributed by atoms with Crippen molar-refractivity contribution in [3.63, 3.8) is 0 Å². The van der Waals surface area contributed by atoms with Gasteiger partial charge in [0, 0.05) is 49.3 Å². The first kappa shape index (κ1) is 21.4. The quantitative estimate of drug-likeness (QED) is 0.693. The lowest BCUT2D eigenvalue weighted by molar-refractivity contribution is 0.0666. The Kier molecular flexibility index (Phi) is 8.00. The average molecular weight is 423 g/mol. The fourth-order valence-electron chi connectivity index (χ4n) is 3.54. The zero-order valence-corrected chi connectivity index (χ0v) is 17.8. The van der Waals surface area contributed by atoms with Crippen LogP contribution in [0.2, 0.25) is 10.0 Å². The minimum atomic E-state index is -0.306. The Morgan fingerprint density at radius 1 is 1.00 bits per heavy atom. The maximum atomic E-state index is 10.4. The van der Waals surface area contributed by atoms with E-state index in [1.807, 2.05) is 24.3 Å². The summed E-state index contributed by atoms with van der Waals surface area (Å²) in [5.74, 6) is 0.863. The number of ether oxygens (including phenoxy) is 1. The van der Waals surface area contributed by atoms with E-state index in [1.165, 1.54) is 5.56 Å². The molecule has 1 saturated heterocycles. The second kappa shape index (κ2) is 10.5. The van der Waals surface area contributed by atoms with Gasteiger partial charge in [-0.3, -0.25) is 9.80 Å². The van der Waals surface area contributed by atoms with Crippen molar-refractivity contribution in [2.45, 2.75) is 25.5 Å². The predicted octanol–water partition coefficient (Wildman–Crippen LogP) is 4.11. The third-order valence-electron chi connectivity index (χ3n) is 5.27. The molecule has 6 heteroatoms. The molecule has 28 heavy (non-hydrogen) atoms. The number of piperazine rings is 1. The Labute approximate surface area is 177 Å². The number of hydrogen-bond donors (Lipinski definition) is 1. The molecule has 2 aromatic carbocycles. The van der Waals surface area contributed by atoms with E-state index in [2.05, 4.69) is 21.9 Å². The number of hydrogen-bond acceptors (Lipinski definition) is 4.